The van der Waals surface area contributed by atoms with Gasteiger partial charge < -0.3 is 20.5 Å². The highest BCUT2D eigenvalue weighted by Crippen LogP contribution is 2.39. The molecule has 2 atom stereocenters. The molecule has 0 aliphatic carbocycles. The molecule has 0 radical (unpaired) electrons. The Hall–Kier alpha value is -3.09. The summed E-state index contributed by atoms with van der Waals surface area (Å²) in [5, 5.41) is 15.4. The van der Waals surface area contributed by atoms with Gasteiger partial charge in [0.2, 0.25) is 0 Å². The highest BCUT2D eigenvalue weighted by atomic mass is 19.1. The van der Waals surface area contributed by atoms with Crippen LogP contribution in [0.2, 0.25) is 0 Å². The Morgan fingerprint density at radius 1 is 0.892 bits per heavy atom. The van der Waals surface area contributed by atoms with Crippen LogP contribution in [0.3, 0.4) is 0 Å². The van der Waals surface area contributed by atoms with Gasteiger partial charge in [0.1, 0.15) is 11.5 Å². The molecule has 0 saturated carbocycles. The molecule has 2 rings (SSSR count). The van der Waals surface area contributed by atoms with Crippen molar-refractivity contribution in [3.05, 3.63) is 47.5 Å². The summed E-state index contributed by atoms with van der Waals surface area (Å²) in [7, 11) is 0. The van der Waals surface area contributed by atoms with Crippen LogP contribution in [-0.2, 0) is 20.4 Å². The largest absolute Gasteiger partial charge is 0.506 e. The molecular weight excluding hydrogens is 471 g/mol. The number of anilines is 2. The number of benzene rings is 2. The molecule has 0 bridgehead atoms. The zero-order chi connectivity index (χ0) is 28.0. The Labute approximate surface area is 221 Å². The number of phenols is 1. The lowest BCUT2D eigenvalue weighted by Gasteiger charge is -2.31. The first-order chi connectivity index (χ1) is 17.3. The standard InChI is InChI=1S/C30H43FN2O4/c1-9-22(31)27(35)33-23-15-14-20(18-24(23)34)32-28(36)25(10-2)37-26-16-13-19(29(5,6)11-3)17-21(26)30(7,8)12-4/h13-18,22,25,34H,9-12H2,1-8H3,(H,32,36)(H,33,35). The predicted molar refractivity (Wildman–Crippen MR) is 148 cm³/mol. The van der Waals surface area contributed by atoms with Gasteiger partial charge in [-0.3, -0.25) is 9.59 Å². The second-order valence-electron chi connectivity index (χ2n) is 10.8. The lowest BCUT2D eigenvalue weighted by Crippen LogP contribution is -2.33. The summed E-state index contributed by atoms with van der Waals surface area (Å²) in [6.07, 6.45) is -0.0292. The number of hydrogen-bond donors (Lipinski definition) is 3. The highest BCUT2D eigenvalue weighted by molar-refractivity contribution is 5.97. The fourth-order valence-electron chi connectivity index (χ4n) is 3.79. The second-order valence-corrected chi connectivity index (χ2v) is 10.8. The monoisotopic (exact) mass is 514 g/mol. The summed E-state index contributed by atoms with van der Waals surface area (Å²) in [6, 6.07) is 10.5. The van der Waals surface area contributed by atoms with Crippen molar-refractivity contribution < 1.29 is 23.8 Å². The topological polar surface area (TPSA) is 87.7 Å². The van der Waals surface area contributed by atoms with E-state index in [1.807, 2.05) is 13.0 Å². The number of hydrogen-bond acceptors (Lipinski definition) is 4. The predicted octanol–water partition coefficient (Wildman–Crippen LogP) is 7.25. The first kappa shape index (κ1) is 30.1. The Morgan fingerprint density at radius 3 is 2.08 bits per heavy atom. The van der Waals surface area contributed by atoms with Crippen molar-refractivity contribution in [2.75, 3.05) is 10.6 Å². The second kappa shape index (κ2) is 12.4. The number of nitrogens with one attached hydrogen (secondary N) is 2. The van der Waals surface area contributed by atoms with Crippen LogP contribution in [0.1, 0.15) is 92.2 Å². The number of phenolic OH excluding ortho intramolecular Hbond substituents is 1. The minimum absolute atomic E-state index is 0.0217. The zero-order valence-corrected chi connectivity index (χ0v) is 23.5. The number of rotatable bonds is 12. The van der Waals surface area contributed by atoms with Crippen molar-refractivity contribution in [3.63, 3.8) is 0 Å². The van der Waals surface area contributed by atoms with Crippen LogP contribution in [0, 0.1) is 0 Å². The molecule has 0 heterocycles. The van der Waals surface area contributed by atoms with E-state index in [0.717, 1.165) is 18.4 Å². The van der Waals surface area contributed by atoms with Crippen molar-refractivity contribution in [1.29, 1.82) is 0 Å². The van der Waals surface area contributed by atoms with E-state index in [4.69, 9.17) is 4.74 Å². The van der Waals surface area contributed by atoms with Crippen molar-refractivity contribution in [2.24, 2.45) is 0 Å². The number of aromatic hydroxyl groups is 1. The summed E-state index contributed by atoms with van der Waals surface area (Å²) in [4.78, 5) is 24.9. The van der Waals surface area contributed by atoms with Gasteiger partial charge in [-0.1, -0.05) is 67.5 Å². The van der Waals surface area contributed by atoms with Gasteiger partial charge in [-0.05, 0) is 60.3 Å². The van der Waals surface area contributed by atoms with E-state index < -0.39 is 18.2 Å². The molecule has 3 N–H and O–H groups in total. The van der Waals surface area contributed by atoms with Crippen LogP contribution >= 0.6 is 0 Å². The number of ether oxygens (including phenoxy) is 1. The minimum Gasteiger partial charge on any atom is -0.506 e. The maximum Gasteiger partial charge on any atom is 0.265 e. The van der Waals surface area contributed by atoms with Crippen LogP contribution < -0.4 is 15.4 Å². The molecule has 0 aromatic heterocycles. The summed E-state index contributed by atoms with van der Waals surface area (Å²) < 4.78 is 19.8. The van der Waals surface area contributed by atoms with Gasteiger partial charge >= 0.3 is 0 Å². The van der Waals surface area contributed by atoms with E-state index in [1.165, 1.54) is 23.8 Å². The van der Waals surface area contributed by atoms with Crippen molar-refractivity contribution in [2.45, 2.75) is 104 Å². The SMILES string of the molecule is CCC(F)C(=O)Nc1ccc(NC(=O)C(CC)Oc2ccc(C(C)(C)CC)cc2C(C)(C)CC)cc1O. The number of amides is 2. The molecule has 204 valence electrons. The van der Waals surface area contributed by atoms with E-state index in [0.29, 0.717) is 17.9 Å². The smallest absolute Gasteiger partial charge is 0.265 e. The molecule has 2 amide bonds. The van der Waals surface area contributed by atoms with Crippen LogP contribution in [0.4, 0.5) is 15.8 Å². The quantitative estimate of drug-likeness (QED) is 0.260. The third-order valence-corrected chi connectivity index (χ3v) is 7.36. The fraction of sp³-hybridized carbons (Fsp3) is 0.533. The highest BCUT2D eigenvalue weighted by Gasteiger charge is 2.29. The molecule has 37 heavy (non-hydrogen) atoms. The first-order valence-corrected chi connectivity index (χ1v) is 13.2. The van der Waals surface area contributed by atoms with Crippen molar-refractivity contribution in [1.82, 2.24) is 0 Å². The van der Waals surface area contributed by atoms with Crippen LogP contribution in [-0.4, -0.2) is 29.2 Å². The Bertz CT molecular complexity index is 1100. The van der Waals surface area contributed by atoms with E-state index in [2.05, 4.69) is 64.3 Å². The molecular formula is C30H43FN2O4. The Morgan fingerprint density at radius 2 is 1.54 bits per heavy atom. The normalized spacial score (nSPS) is 13.5. The number of alkyl halides is 1. The molecule has 0 aliphatic rings. The number of carbonyl (C=O) groups excluding carboxylic acids is 2. The minimum atomic E-state index is -1.66. The Balaban J connectivity index is 2.26. The fourth-order valence-corrected chi connectivity index (χ4v) is 3.79. The van der Waals surface area contributed by atoms with E-state index in [1.54, 1.807) is 6.92 Å². The number of carbonyl (C=O) groups is 2. The third kappa shape index (κ3) is 7.46. The van der Waals surface area contributed by atoms with Gasteiger partial charge in [0.25, 0.3) is 11.8 Å². The summed E-state index contributed by atoms with van der Waals surface area (Å²) in [5.74, 6) is -0.772. The molecule has 0 saturated heterocycles. The lowest BCUT2D eigenvalue weighted by atomic mass is 9.76. The van der Waals surface area contributed by atoms with Crippen LogP contribution in [0.5, 0.6) is 11.5 Å². The Kier molecular flexibility index (Phi) is 10.1. The molecule has 0 fully saturated rings. The molecule has 7 heteroatoms. The van der Waals surface area contributed by atoms with Crippen LogP contribution in [0.25, 0.3) is 0 Å². The van der Waals surface area contributed by atoms with E-state index in [9.17, 15) is 19.1 Å². The molecule has 2 aromatic rings. The van der Waals surface area contributed by atoms with Crippen molar-refractivity contribution in [3.8, 4) is 11.5 Å². The van der Waals surface area contributed by atoms with Gasteiger partial charge in [-0.25, -0.2) is 4.39 Å². The van der Waals surface area contributed by atoms with Gasteiger partial charge in [-0.15, -0.1) is 0 Å². The molecule has 6 nitrogen and oxygen atoms in total. The van der Waals surface area contributed by atoms with Crippen LogP contribution in [0.15, 0.2) is 36.4 Å². The number of halogens is 1. The molecule has 2 unspecified atom stereocenters. The summed E-state index contributed by atoms with van der Waals surface area (Å²) >= 11 is 0. The first-order valence-electron chi connectivity index (χ1n) is 13.2. The molecule has 2 aromatic carbocycles. The van der Waals surface area contributed by atoms with Gasteiger partial charge in [0, 0.05) is 17.3 Å². The lowest BCUT2D eigenvalue weighted by molar-refractivity contribution is -0.123. The molecule has 0 aliphatic heterocycles. The average molecular weight is 515 g/mol. The van der Waals surface area contributed by atoms with E-state index in [-0.39, 0.29) is 34.6 Å². The van der Waals surface area contributed by atoms with Gasteiger partial charge in [-0.2, -0.15) is 0 Å². The summed E-state index contributed by atoms with van der Waals surface area (Å²) in [6.45, 7) is 16.5. The average Bonchev–Trinajstić information content (AvgIpc) is 2.87. The van der Waals surface area contributed by atoms with Gasteiger partial charge in [0.05, 0.1) is 5.69 Å². The third-order valence-electron chi connectivity index (χ3n) is 7.36. The zero-order valence-electron chi connectivity index (χ0n) is 23.5. The van der Waals surface area contributed by atoms with Gasteiger partial charge in [0.15, 0.2) is 12.3 Å². The maximum absolute atomic E-state index is 13.6. The maximum atomic E-state index is 13.6. The van der Waals surface area contributed by atoms with Crippen molar-refractivity contribution >= 4 is 23.2 Å². The summed E-state index contributed by atoms with van der Waals surface area (Å²) in [5.41, 5.74) is 2.58. The molecule has 0 spiro atoms. The van der Waals surface area contributed by atoms with E-state index >= 15 is 0 Å².